The molecule has 0 aliphatic carbocycles. The van der Waals surface area contributed by atoms with Gasteiger partial charge in [-0.05, 0) is 44.0 Å². The average molecular weight is 333 g/mol. The third-order valence-corrected chi connectivity index (χ3v) is 4.17. The Balaban J connectivity index is 1.49. The summed E-state index contributed by atoms with van der Waals surface area (Å²) in [5.41, 5.74) is 1.04. The number of nitrogens with zero attached hydrogens (tertiary/aromatic N) is 1. The van der Waals surface area contributed by atoms with Crippen molar-refractivity contribution in [2.24, 2.45) is 0 Å². The lowest BCUT2D eigenvalue weighted by atomic mass is 10.1. The summed E-state index contributed by atoms with van der Waals surface area (Å²) < 4.78 is 10.7. The molecule has 130 valence electrons. The van der Waals surface area contributed by atoms with E-state index < -0.39 is 6.04 Å². The SMILES string of the molecule is CN(CC(=O)N[C@H]1CCCCNC1=O)Cc1ccc2c(c1)OCO2. The van der Waals surface area contributed by atoms with Crippen LogP contribution < -0.4 is 20.1 Å². The van der Waals surface area contributed by atoms with Gasteiger partial charge in [0.25, 0.3) is 0 Å². The van der Waals surface area contributed by atoms with Gasteiger partial charge in [-0.25, -0.2) is 0 Å². The highest BCUT2D eigenvalue weighted by atomic mass is 16.7. The minimum absolute atomic E-state index is 0.0840. The second kappa shape index (κ2) is 7.53. The summed E-state index contributed by atoms with van der Waals surface area (Å²) in [6.45, 7) is 1.79. The van der Waals surface area contributed by atoms with Crippen LogP contribution in [0.4, 0.5) is 0 Å². The molecule has 7 heteroatoms. The standard InChI is InChI=1S/C17H23N3O4/c1-20(9-12-5-6-14-15(8-12)24-11-23-14)10-16(21)19-13-4-2-3-7-18-17(13)22/h5-6,8,13H,2-4,7,9-11H2,1H3,(H,18,22)(H,19,21)/t13-/m0/s1. The van der Waals surface area contributed by atoms with Gasteiger partial charge >= 0.3 is 0 Å². The molecule has 2 heterocycles. The van der Waals surface area contributed by atoms with Crippen molar-refractivity contribution in [1.82, 2.24) is 15.5 Å². The second-order valence-electron chi connectivity index (χ2n) is 6.27. The molecule has 2 amide bonds. The molecule has 1 saturated heterocycles. The number of carbonyl (C=O) groups is 2. The van der Waals surface area contributed by atoms with E-state index in [0.717, 1.165) is 29.9 Å². The summed E-state index contributed by atoms with van der Waals surface area (Å²) >= 11 is 0. The van der Waals surface area contributed by atoms with Gasteiger partial charge in [0.15, 0.2) is 11.5 Å². The number of hydrogen-bond donors (Lipinski definition) is 2. The minimum Gasteiger partial charge on any atom is -0.454 e. The van der Waals surface area contributed by atoms with E-state index in [2.05, 4.69) is 10.6 Å². The van der Waals surface area contributed by atoms with Gasteiger partial charge in [0.2, 0.25) is 18.6 Å². The van der Waals surface area contributed by atoms with E-state index in [0.29, 0.717) is 19.5 Å². The lowest BCUT2D eigenvalue weighted by molar-refractivity contribution is -0.129. The third-order valence-electron chi connectivity index (χ3n) is 4.17. The Kier molecular flexibility index (Phi) is 5.20. The van der Waals surface area contributed by atoms with E-state index in [1.807, 2.05) is 30.1 Å². The first-order valence-corrected chi connectivity index (χ1v) is 8.26. The predicted molar refractivity (Wildman–Crippen MR) is 87.7 cm³/mol. The fourth-order valence-corrected chi connectivity index (χ4v) is 2.97. The van der Waals surface area contributed by atoms with Gasteiger partial charge in [-0.3, -0.25) is 14.5 Å². The van der Waals surface area contributed by atoms with Crippen LogP contribution in [-0.2, 0) is 16.1 Å². The molecule has 0 aromatic heterocycles. The third kappa shape index (κ3) is 4.17. The molecular formula is C17H23N3O4. The minimum atomic E-state index is -0.418. The second-order valence-corrected chi connectivity index (χ2v) is 6.27. The summed E-state index contributed by atoms with van der Waals surface area (Å²) in [5, 5.41) is 5.65. The molecule has 2 aliphatic heterocycles. The molecule has 24 heavy (non-hydrogen) atoms. The quantitative estimate of drug-likeness (QED) is 0.826. The van der Waals surface area contributed by atoms with Crippen LogP contribution >= 0.6 is 0 Å². The molecular weight excluding hydrogens is 310 g/mol. The van der Waals surface area contributed by atoms with E-state index in [9.17, 15) is 9.59 Å². The fraction of sp³-hybridized carbons (Fsp3) is 0.529. The summed E-state index contributed by atoms with van der Waals surface area (Å²) in [5.74, 6) is 1.26. The number of benzene rings is 1. The summed E-state index contributed by atoms with van der Waals surface area (Å²) in [7, 11) is 1.87. The van der Waals surface area contributed by atoms with Crippen LogP contribution in [0.25, 0.3) is 0 Å². The maximum absolute atomic E-state index is 12.2. The molecule has 0 saturated carbocycles. The highest BCUT2D eigenvalue weighted by Gasteiger charge is 2.22. The van der Waals surface area contributed by atoms with Gasteiger partial charge < -0.3 is 20.1 Å². The summed E-state index contributed by atoms with van der Waals surface area (Å²) in [4.78, 5) is 26.0. The Morgan fingerprint density at radius 2 is 2.17 bits per heavy atom. The van der Waals surface area contributed by atoms with Crippen LogP contribution in [0.2, 0.25) is 0 Å². The normalized spacial score (nSPS) is 19.8. The molecule has 2 N–H and O–H groups in total. The van der Waals surface area contributed by atoms with Crippen molar-refractivity contribution in [2.75, 3.05) is 26.9 Å². The average Bonchev–Trinajstić information content (AvgIpc) is 2.91. The largest absolute Gasteiger partial charge is 0.454 e. The molecule has 1 aromatic rings. The molecule has 0 bridgehead atoms. The number of hydrogen-bond acceptors (Lipinski definition) is 5. The van der Waals surface area contributed by atoms with Gasteiger partial charge in [0.1, 0.15) is 6.04 Å². The predicted octanol–water partition coefficient (Wildman–Crippen LogP) is 0.632. The molecule has 1 aromatic carbocycles. The molecule has 0 spiro atoms. The van der Waals surface area contributed by atoms with Crippen molar-refractivity contribution < 1.29 is 19.1 Å². The van der Waals surface area contributed by atoms with Crippen molar-refractivity contribution in [3.8, 4) is 11.5 Å². The molecule has 0 radical (unpaired) electrons. The Morgan fingerprint density at radius 3 is 3.04 bits per heavy atom. The monoisotopic (exact) mass is 333 g/mol. The maximum Gasteiger partial charge on any atom is 0.242 e. The van der Waals surface area contributed by atoms with Gasteiger partial charge in [0, 0.05) is 13.1 Å². The number of fused-ring (bicyclic) bond motifs is 1. The van der Waals surface area contributed by atoms with E-state index >= 15 is 0 Å². The van der Waals surface area contributed by atoms with Gasteiger partial charge in [-0.1, -0.05) is 6.07 Å². The number of nitrogens with one attached hydrogen (secondary N) is 2. The van der Waals surface area contributed by atoms with Crippen LogP contribution in [0, 0.1) is 0 Å². The Bertz CT molecular complexity index is 620. The summed E-state index contributed by atoms with van der Waals surface area (Å²) in [6, 6.07) is 5.34. The maximum atomic E-state index is 12.2. The van der Waals surface area contributed by atoms with Gasteiger partial charge in [-0.15, -0.1) is 0 Å². The van der Waals surface area contributed by atoms with E-state index in [1.165, 1.54) is 0 Å². The Hall–Kier alpha value is -2.28. The number of rotatable bonds is 5. The van der Waals surface area contributed by atoms with E-state index in [4.69, 9.17) is 9.47 Å². The highest BCUT2D eigenvalue weighted by Crippen LogP contribution is 2.32. The molecule has 2 aliphatic rings. The molecule has 3 rings (SSSR count). The summed E-state index contributed by atoms with van der Waals surface area (Å²) in [6.07, 6.45) is 2.60. The Morgan fingerprint density at radius 1 is 1.33 bits per heavy atom. The van der Waals surface area contributed by atoms with Crippen LogP contribution in [0.3, 0.4) is 0 Å². The number of likely N-dealkylation sites (N-methyl/N-ethyl adjacent to an activating group) is 1. The number of carbonyl (C=O) groups excluding carboxylic acids is 2. The van der Waals surface area contributed by atoms with Crippen molar-refractivity contribution in [2.45, 2.75) is 31.8 Å². The van der Waals surface area contributed by atoms with Gasteiger partial charge in [0.05, 0.1) is 6.54 Å². The molecule has 1 fully saturated rings. The zero-order chi connectivity index (χ0) is 16.9. The molecule has 1 atom stereocenters. The fourth-order valence-electron chi connectivity index (χ4n) is 2.97. The van der Waals surface area contributed by atoms with Crippen LogP contribution in [0.15, 0.2) is 18.2 Å². The zero-order valence-corrected chi connectivity index (χ0v) is 13.8. The van der Waals surface area contributed by atoms with E-state index in [-0.39, 0.29) is 25.2 Å². The first-order chi connectivity index (χ1) is 11.6. The first-order valence-electron chi connectivity index (χ1n) is 8.26. The number of amides is 2. The van der Waals surface area contributed by atoms with Crippen LogP contribution in [-0.4, -0.2) is 49.7 Å². The van der Waals surface area contributed by atoms with Gasteiger partial charge in [-0.2, -0.15) is 0 Å². The lowest BCUT2D eigenvalue weighted by Gasteiger charge is -2.19. The van der Waals surface area contributed by atoms with Crippen LogP contribution in [0.5, 0.6) is 11.5 Å². The van der Waals surface area contributed by atoms with Crippen LogP contribution in [0.1, 0.15) is 24.8 Å². The smallest absolute Gasteiger partial charge is 0.242 e. The Labute approximate surface area is 141 Å². The number of ether oxygens (including phenoxy) is 2. The van der Waals surface area contributed by atoms with Crippen molar-refractivity contribution >= 4 is 11.8 Å². The first kappa shape index (κ1) is 16.6. The molecule has 0 unspecified atom stereocenters. The van der Waals surface area contributed by atoms with Crippen molar-refractivity contribution in [3.63, 3.8) is 0 Å². The highest BCUT2D eigenvalue weighted by molar-refractivity contribution is 5.88. The van der Waals surface area contributed by atoms with Crippen molar-refractivity contribution in [3.05, 3.63) is 23.8 Å². The topological polar surface area (TPSA) is 79.9 Å². The lowest BCUT2D eigenvalue weighted by Crippen LogP contribution is -2.48. The van der Waals surface area contributed by atoms with E-state index in [1.54, 1.807) is 0 Å². The zero-order valence-electron chi connectivity index (χ0n) is 13.8. The molecule has 7 nitrogen and oxygen atoms in total. The van der Waals surface area contributed by atoms with Crippen molar-refractivity contribution in [1.29, 1.82) is 0 Å².